The molecule has 38 heavy (non-hydrogen) atoms. The Bertz CT molecular complexity index is 1280. The fourth-order valence-electron chi connectivity index (χ4n) is 5.25. The molecular weight excluding hydrogens is 487 g/mol. The number of H-pyrrole nitrogens is 1. The molecule has 0 bridgehead atoms. The minimum atomic E-state index is -1.11. The molecule has 2 aliphatic heterocycles. The number of hydrogen-bond donors (Lipinski definition) is 1. The Kier molecular flexibility index (Phi) is 7.74. The average molecular weight is 521 g/mol. The van der Waals surface area contributed by atoms with E-state index in [0.717, 1.165) is 30.6 Å². The molecule has 0 saturated carbocycles. The molecule has 0 radical (unpaired) electrons. The highest BCUT2D eigenvalue weighted by molar-refractivity contribution is 5.94. The van der Waals surface area contributed by atoms with Crippen molar-refractivity contribution >= 4 is 11.8 Å². The van der Waals surface area contributed by atoms with E-state index < -0.39 is 5.60 Å². The van der Waals surface area contributed by atoms with Gasteiger partial charge in [-0.2, -0.15) is 5.10 Å². The lowest BCUT2D eigenvalue weighted by molar-refractivity contribution is -0.170. The molecule has 1 aromatic heterocycles. The smallest absolute Gasteiger partial charge is 0.272 e. The van der Waals surface area contributed by atoms with Crippen molar-refractivity contribution < 1.29 is 23.5 Å². The molecule has 1 atom stereocenters. The van der Waals surface area contributed by atoms with E-state index in [2.05, 4.69) is 16.3 Å². The Morgan fingerprint density at radius 3 is 2.74 bits per heavy atom. The van der Waals surface area contributed by atoms with Crippen molar-refractivity contribution in [3.05, 3.63) is 71.7 Å². The topological polar surface area (TPSA) is 87.8 Å². The molecule has 1 unspecified atom stereocenters. The molecular formula is C29H33FN4O4. The molecule has 1 fully saturated rings. The SMILES string of the molecule is CCN1CCOc2ccccc2CCCCC2(CN(C(=O)c3cc(-c4ccc(F)cc4)n[nH]3)CCO2)C1=O. The number of nitrogens with one attached hydrogen (secondary N) is 1. The van der Waals surface area contributed by atoms with Crippen molar-refractivity contribution in [2.24, 2.45) is 0 Å². The maximum atomic E-state index is 13.9. The standard InChI is InChI=1S/C29H33FN4O4/c1-2-33-15-17-37-26-9-4-3-7-22(26)8-5-6-14-29(28(33)36)20-34(16-18-38-29)27(35)25-19-24(31-32-25)21-10-12-23(30)13-11-21/h3-4,7,9-13,19H,2,5-6,8,14-18,20H2,1H3,(H,31,32). The van der Waals surface area contributed by atoms with Gasteiger partial charge < -0.3 is 19.3 Å². The Hall–Kier alpha value is -3.72. The minimum Gasteiger partial charge on any atom is -0.491 e. The van der Waals surface area contributed by atoms with Gasteiger partial charge >= 0.3 is 0 Å². The van der Waals surface area contributed by atoms with Crippen LogP contribution in [-0.2, 0) is 16.0 Å². The second kappa shape index (κ2) is 11.3. The van der Waals surface area contributed by atoms with Crippen LogP contribution in [0.15, 0.2) is 54.6 Å². The van der Waals surface area contributed by atoms with Crippen molar-refractivity contribution in [3.8, 4) is 17.0 Å². The van der Waals surface area contributed by atoms with Gasteiger partial charge in [-0.15, -0.1) is 0 Å². The molecule has 1 spiro atoms. The van der Waals surface area contributed by atoms with Gasteiger partial charge in [0.1, 0.15) is 23.9 Å². The Morgan fingerprint density at radius 1 is 1.11 bits per heavy atom. The van der Waals surface area contributed by atoms with Gasteiger partial charge in [0.15, 0.2) is 5.60 Å². The first-order valence-corrected chi connectivity index (χ1v) is 13.2. The number of carbonyl (C=O) groups is 2. The van der Waals surface area contributed by atoms with Gasteiger partial charge in [0.2, 0.25) is 0 Å². The second-order valence-corrected chi connectivity index (χ2v) is 9.79. The third kappa shape index (κ3) is 5.43. The number of halogens is 1. The summed E-state index contributed by atoms with van der Waals surface area (Å²) in [5.74, 6) is 0.189. The van der Waals surface area contributed by atoms with E-state index in [1.165, 1.54) is 12.1 Å². The number of aromatic amines is 1. The van der Waals surface area contributed by atoms with E-state index >= 15 is 0 Å². The fourth-order valence-corrected chi connectivity index (χ4v) is 5.25. The monoisotopic (exact) mass is 520 g/mol. The van der Waals surface area contributed by atoms with Crippen LogP contribution in [0, 0.1) is 5.82 Å². The second-order valence-electron chi connectivity index (χ2n) is 9.79. The number of ether oxygens (including phenoxy) is 2. The average Bonchev–Trinajstić information content (AvgIpc) is 3.44. The number of para-hydroxylation sites is 1. The van der Waals surface area contributed by atoms with Crippen LogP contribution in [-0.4, -0.2) is 76.8 Å². The molecule has 3 heterocycles. The van der Waals surface area contributed by atoms with Crippen LogP contribution in [0.5, 0.6) is 5.75 Å². The predicted octanol–water partition coefficient (Wildman–Crippen LogP) is 4.08. The first-order valence-electron chi connectivity index (χ1n) is 13.2. The zero-order valence-corrected chi connectivity index (χ0v) is 21.6. The normalized spacial score (nSPS) is 20.8. The lowest BCUT2D eigenvalue weighted by Crippen LogP contribution is -2.62. The van der Waals surface area contributed by atoms with Gasteiger partial charge in [-0.25, -0.2) is 4.39 Å². The van der Waals surface area contributed by atoms with Crippen LogP contribution in [0.4, 0.5) is 4.39 Å². The summed E-state index contributed by atoms with van der Waals surface area (Å²) >= 11 is 0. The van der Waals surface area contributed by atoms with Crippen LogP contribution < -0.4 is 4.74 Å². The molecule has 1 saturated heterocycles. The van der Waals surface area contributed by atoms with E-state index in [1.54, 1.807) is 28.0 Å². The van der Waals surface area contributed by atoms with Gasteiger partial charge in [0.05, 0.1) is 25.4 Å². The highest BCUT2D eigenvalue weighted by Crippen LogP contribution is 2.30. The molecule has 9 heteroatoms. The number of rotatable bonds is 3. The third-order valence-corrected chi connectivity index (χ3v) is 7.35. The minimum absolute atomic E-state index is 0.105. The largest absolute Gasteiger partial charge is 0.491 e. The highest BCUT2D eigenvalue weighted by Gasteiger charge is 2.46. The number of aryl methyl sites for hydroxylation is 1. The van der Waals surface area contributed by atoms with Crippen LogP contribution in [0.3, 0.4) is 0 Å². The lowest BCUT2D eigenvalue weighted by atomic mass is 9.91. The van der Waals surface area contributed by atoms with Gasteiger partial charge in [0, 0.05) is 18.7 Å². The number of benzene rings is 2. The summed E-state index contributed by atoms with van der Waals surface area (Å²) in [7, 11) is 0. The van der Waals surface area contributed by atoms with Crippen LogP contribution >= 0.6 is 0 Å². The molecule has 200 valence electrons. The molecule has 0 aliphatic carbocycles. The molecule has 2 amide bonds. The molecule has 8 nitrogen and oxygen atoms in total. The first kappa shape index (κ1) is 25.9. The van der Waals surface area contributed by atoms with Gasteiger partial charge in [-0.1, -0.05) is 18.2 Å². The molecule has 2 aliphatic rings. The number of likely N-dealkylation sites (N-methyl/N-ethyl adjacent to an activating group) is 1. The number of morpholine rings is 1. The summed E-state index contributed by atoms with van der Waals surface area (Å²) in [6, 6.07) is 15.7. The van der Waals surface area contributed by atoms with Crippen LogP contribution in [0.2, 0.25) is 0 Å². The zero-order chi connectivity index (χ0) is 26.5. The van der Waals surface area contributed by atoms with Crippen molar-refractivity contribution in [1.82, 2.24) is 20.0 Å². The fraction of sp³-hybridized carbons (Fsp3) is 0.414. The maximum absolute atomic E-state index is 13.9. The summed E-state index contributed by atoms with van der Waals surface area (Å²) in [5.41, 5.74) is 1.63. The molecule has 2 aromatic carbocycles. The van der Waals surface area contributed by atoms with Crippen molar-refractivity contribution in [2.75, 3.05) is 39.4 Å². The number of carbonyl (C=O) groups excluding carboxylic acids is 2. The summed E-state index contributed by atoms with van der Waals surface area (Å²) in [6.45, 7) is 4.10. The quantitative estimate of drug-likeness (QED) is 0.562. The molecule has 3 aromatic rings. The van der Waals surface area contributed by atoms with E-state index in [-0.39, 0.29) is 30.8 Å². The number of amides is 2. The number of hydrogen-bond acceptors (Lipinski definition) is 5. The lowest BCUT2D eigenvalue weighted by Gasteiger charge is -2.44. The summed E-state index contributed by atoms with van der Waals surface area (Å²) < 4.78 is 25.6. The van der Waals surface area contributed by atoms with E-state index in [4.69, 9.17) is 9.47 Å². The number of nitrogens with zero attached hydrogens (tertiary/aromatic N) is 3. The summed E-state index contributed by atoms with van der Waals surface area (Å²) in [5, 5.41) is 7.06. The summed E-state index contributed by atoms with van der Waals surface area (Å²) in [6.07, 6.45) is 3.03. The summed E-state index contributed by atoms with van der Waals surface area (Å²) in [4.78, 5) is 30.8. The van der Waals surface area contributed by atoms with Gasteiger partial charge in [-0.3, -0.25) is 14.7 Å². The first-order chi connectivity index (χ1) is 18.5. The Balaban J connectivity index is 1.35. The third-order valence-electron chi connectivity index (χ3n) is 7.35. The van der Waals surface area contributed by atoms with Crippen molar-refractivity contribution in [2.45, 2.75) is 38.2 Å². The van der Waals surface area contributed by atoms with Crippen LogP contribution in [0.1, 0.15) is 42.2 Å². The highest BCUT2D eigenvalue weighted by atomic mass is 19.1. The zero-order valence-electron chi connectivity index (χ0n) is 21.6. The van der Waals surface area contributed by atoms with E-state index in [0.29, 0.717) is 49.6 Å². The van der Waals surface area contributed by atoms with Gasteiger partial charge in [0.25, 0.3) is 11.8 Å². The molecule has 5 rings (SSSR count). The van der Waals surface area contributed by atoms with Gasteiger partial charge in [-0.05, 0) is 74.6 Å². The maximum Gasteiger partial charge on any atom is 0.272 e. The number of aromatic nitrogens is 2. The van der Waals surface area contributed by atoms with Crippen LogP contribution in [0.25, 0.3) is 11.3 Å². The van der Waals surface area contributed by atoms with Crippen molar-refractivity contribution in [1.29, 1.82) is 0 Å². The predicted molar refractivity (Wildman–Crippen MR) is 140 cm³/mol. The Labute approximate surface area is 221 Å². The molecule has 1 N–H and O–H groups in total. The van der Waals surface area contributed by atoms with Crippen molar-refractivity contribution in [3.63, 3.8) is 0 Å². The number of fused-ring (bicyclic) bond motifs is 1. The van der Waals surface area contributed by atoms with E-state index in [9.17, 15) is 14.0 Å². The Morgan fingerprint density at radius 2 is 1.92 bits per heavy atom. The van der Waals surface area contributed by atoms with E-state index in [1.807, 2.05) is 25.1 Å².